The van der Waals surface area contributed by atoms with Crippen LogP contribution in [0.4, 0.5) is 0 Å². The number of aromatic nitrogens is 1. The van der Waals surface area contributed by atoms with E-state index in [9.17, 15) is 10.4 Å². The smallest absolute Gasteiger partial charge is 0.116 e. The summed E-state index contributed by atoms with van der Waals surface area (Å²) < 4.78 is 6.54. The summed E-state index contributed by atoms with van der Waals surface area (Å²) in [6.07, 6.45) is 4.87. The summed E-state index contributed by atoms with van der Waals surface area (Å²) in [6.45, 7) is 0. The fraction of sp³-hybridized carbons (Fsp3) is 0.538. The summed E-state index contributed by atoms with van der Waals surface area (Å²) in [4.78, 5) is 4.05. The second-order valence-electron chi connectivity index (χ2n) is 5.02. The van der Waals surface area contributed by atoms with Gasteiger partial charge in [-0.2, -0.15) is 5.26 Å². The first-order valence-electron chi connectivity index (χ1n) is 6.01. The summed E-state index contributed by atoms with van der Waals surface area (Å²) in [5.41, 5.74) is -0.146. The van der Waals surface area contributed by atoms with E-state index in [2.05, 4.69) is 27.0 Å². The van der Waals surface area contributed by atoms with Gasteiger partial charge in [0.25, 0.3) is 0 Å². The van der Waals surface area contributed by atoms with E-state index in [0.29, 0.717) is 12.0 Å². The summed E-state index contributed by atoms with van der Waals surface area (Å²) in [5, 5.41) is 20.1. The second kappa shape index (κ2) is 4.30. The van der Waals surface area contributed by atoms with Crippen molar-refractivity contribution in [2.75, 3.05) is 0 Å². The quantitative estimate of drug-likeness (QED) is 0.910. The lowest BCUT2D eigenvalue weighted by Gasteiger charge is -2.33. The van der Waals surface area contributed by atoms with Crippen LogP contribution in [0.15, 0.2) is 22.9 Å². The molecule has 2 fully saturated rings. The predicted octanol–water partition coefficient (Wildman–Crippen LogP) is 2.34. The zero-order chi connectivity index (χ0) is 12.8. The van der Waals surface area contributed by atoms with Crippen LogP contribution in [0.25, 0.3) is 0 Å². The van der Waals surface area contributed by atoms with Crippen LogP contribution in [0.2, 0.25) is 0 Å². The maximum atomic E-state index is 10.6. The molecule has 0 saturated carbocycles. The first-order valence-corrected chi connectivity index (χ1v) is 6.80. The van der Waals surface area contributed by atoms with E-state index in [-0.39, 0.29) is 12.2 Å². The van der Waals surface area contributed by atoms with Gasteiger partial charge in [-0.3, -0.25) is 4.98 Å². The van der Waals surface area contributed by atoms with Crippen LogP contribution in [0.3, 0.4) is 0 Å². The van der Waals surface area contributed by atoms with Crippen LogP contribution in [0, 0.1) is 16.7 Å². The number of nitrogens with zero attached hydrogens (tertiary/aromatic N) is 2. The molecule has 4 atom stereocenters. The molecule has 0 amide bonds. The molecule has 0 aromatic carbocycles. The minimum atomic E-state index is -0.845. The van der Waals surface area contributed by atoms with Crippen LogP contribution in [0.1, 0.15) is 30.9 Å². The molecule has 0 spiro atoms. The van der Waals surface area contributed by atoms with E-state index in [1.807, 2.05) is 6.07 Å². The third-order valence-corrected chi connectivity index (χ3v) is 4.42. The average molecular weight is 309 g/mol. The van der Waals surface area contributed by atoms with E-state index < -0.39 is 11.5 Å². The van der Waals surface area contributed by atoms with Gasteiger partial charge in [-0.05, 0) is 41.3 Å². The minimum Gasteiger partial charge on any atom is -0.387 e. The number of halogens is 1. The van der Waals surface area contributed by atoms with Gasteiger partial charge in [0, 0.05) is 22.4 Å². The van der Waals surface area contributed by atoms with Gasteiger partial charge in [0.1, 0.15) is 11.5 Å². The van der Waals surface area contributed by atoms with Gasteiger partial charge >= 0.3 is 0 Å². The van der Waals surface area contributed by atoms with E-state index in [4.69, 9.17) is 4.74 Å². The van der Waals surface area contributed by atoms with Gasteiger partial charge in [-0.1, -0.05) is 0 Å². The third kappa shape index (κ3) is 1.68. The van der Waals surface area contributed by atoms with Crippen molar-refractivity contribution >= 4 is 15.9 Å². The van der Waals surface area contributed by atoms with Gasteiger partial charge in [0.15, 0.2) is 0 Å². The molecule has 4 nitrogen and oxygen atoms in total. The molecule has 1 aromatic heterocycles. The van der Waals surface area contributed by atoms with Crippen molar-refractivity contribution in [3.63, 3.8) is 0 Å². The van der Waals surface area contributed by atoms with Crippen molar-refractivity contribution < 1.29 is 9.84 Å². The summed E-state index contributed by atoms with van der Waals surface area (Å²) in [6, 6.07) is 4.12. The van der Waals surface area contributed by atoms with E-state index in [0.717, 1.165) is 17.3 Å². The van der Waals surface area contributed by atoms with Gasteiger partial charge in [-0.15, -0.1) is 0 Å². The van der Waals surface area contributed by atoms with E-state index in [1.165, 1.54) is 0 Å². The topological polar surface area (TPSA) is 66.1 Å². The van der Waals surface area contributed by atoms with Crippen LogP contribution >= 0.6 is 15.9 Å². The summed E-state index contributed by atoms with van der Waals surface area (Å²) in [5.74, 6) is 0. The number of aliphatic hydroxyl groups excluding tert-OH is 1. The Kier molecular flexibility index (Phi) is 2.89. The molecule has 1 aromatic rings. The molecule has 18 heavy (non-hydrogen) atoms. The molecule has 2 saturated heterocycles. The first-order chi connectivity index (χ1) is 8.65. The van der Waals surface area contributed by atoms with E-state index >= 15 is 0 Å². The number of pyridine rings is 1. The fourth-order valence-electron chi connectivity index (χ4n) is 3.08. The molecule has 94 valence electrons. The number of hydrogen-bond acceptors (Lipinski definition) is 4. The zero-order valence-corrected chi connectivity index (χ0v) is 11.3. The standard InChI is InChI=1S/C13H13BrN2O2/c14-9-3-8(5-16-6-9)12(17)13(7-15)4-10-1-2-11(13)18-10/h3,5-6,10-12,17H,1-2,4H2. The Labute approximate surface area is 114 Å². The highest BCUT2D eigenvalue weighted by Crippen LogP contribution is 2.53. The maximum Gasteiger partial charge on any atom is 0.116 e. The third-order valence-electron chi connectivity index (χ3n) is 3.99. The molecule has 0 radical (unpaired) electrons. The highest BCUT2D eigenvalue weighted by molar-refractivity contribution is 9.10. The Morgan fingerprint density at radius 3 is 2.94 bits per heavy atom. The Bertz CT molecular complexity index is 516. The Morgan fingerprint density at radius 1 is 1.56 bits per heavy atom. The summed E-state index contributed by atoms with van der Waals surface area (Å²) >= 11 is 3.33. The number of nitriles is 1. The Balaban J connectivity index is 1.96. The number of ether oxygens (including phenoxy) is 1. The largest absolute Gasteiger partial charge is 0.387 e. The highest BCUT2D eigenvalue weighted by atomic mass is 79.9. The molecule has 3 rings (SSSR count). The van der Waals surface area contributed by atoms with Crippen molar-refractivity contribution in [1.29, 1.82) is 5.26 Å². The molecular formula is C13H13BrN2O2. The first kappa shape index (κ1) is 12.1. The maximum absolute atomic E-state index is 10.6. The molecule has 2 bridgehead atoms. The highest BCUT2D eigenvalue weighted by Gasteiger charge is 2.57. The van der Waals surface area contributed by atoms with Crippen LogP contribution < -0.4 is 0 Å². The summed E-state index contributed by atoms with van der Waals surface area (Å²) in [7, 11) is 0. The average Bonchev–Trinajstić information content (AvgIpc) is 2.98. The molecule has 2 aliphatic rings. The lowest BCUT2D eigenvalue weighted by Crippen LogP contribution is -2.37. The number of aliphatic hydroxyl groups is 1. The predicted molar refractivity (Wildman–Crippen MR) is 67.5 cm³/mol. The van der Waals surface area contributed by atoms with Crippen LogP contribution in [0.5, 0.6) is 0 Å². The molecule has 3 heterocycles. The minimum absolute atomic E-state index is 0.129. The number of hydrogen-bond donors (Lipinski definition) is 1. The Hall–Kier alpha value is -0.960. The Morgan fingerprint density at radius 2 is 2.39 bits per heavy atom. The molecule has 2 aliphatic heterocycles. The zero-order valence-electron chi connectivity index (χ0n) is 9.71. The molecular weight excluding hydrogens is 296 g/mol. The second-order valence-corrected chi connectivity index (χ2v) is 5.94. The normalized spacial score (nSPS) is 35.4. The lowest BCUT2D eigenvalue weighted by molar-refractivity contribution is 0.00323. The van der Waals surface area contributed by atoms with Gasteiger partial charge < -0.3 is 9.84 Å². The molecule has 0 aliphatic carbocycles. The number of rotatable bonds is 2. The molecule has 4 unspecified atom stereocenters. The van der Waals surface area contributed by atoms with E-state index in [1.54, 1.807) is 12.4 Å². The number of fused-ring (bicyclic) bond motifs is 2. The van der Waals surface area contributed by atoms with Crippen LogP contribution in [-0.4, -0.2) is 22.3 Å². The van der Waals surface area contributed by atoms with Gasteiger partial charge in [0.2, 0.25) is 0 Å². The lowest BCUT2D eigenvalue weighted by atomic mass is 9.69. The van der Waals surface area contributed by atoms with Gasteiger partial charge in [0.05, 0.1) is 18.3 Å². The van der Waals surface area contributed by atoms with Crippen molar-refractivity contribution in [2.24, 2.45) is 5.41 Å². The SMILES string of the molecule is N#CC1(C(O)c2cncc(Br)c2)CC2CCC1O2. The monoisotopic (exact) mass is 308 g/mol. The van der Waals surface area contributed by atoms with Gasteiger partial charge in [-0.25, -0.2) is 0 Å². The molecule has 1 N–H and O–H groups in total. The van der Waals surface area contributed by atoms with Crippen molar-refractivity contribution in [2.45, 2.75) is 37.6 Å². The molecule has 5 heteroatoms. The van der Waals surface area contributed by atoms with Crippen molar-refractivity contribution in [3.8, 4) is 6.07 Å². The van der Waals surface area contributed by atoms with Crippen molar-refractivity contribution in [1.82, 2.24) is 4.98 Å². The van der Waals surface area contributed by atoms with Crippen molar-refractivity contribution in [3.05, 3.63) is 28.5 Å². The van der Waals surface area contributed by atoms with Crippen LogP contribution in [-0.2, 0) is 4.74 Å². The fourth-order valence-corrected chi connectivity index (χ4v) is 3.47.